The zero-order valence-corrected chi connectivity index (χ0v) is 14.8. The van der Waals surface area contributed by atoms with Crippen LogP contribution in [0.5, 0.6) is 0 Å². The Labute approximate surface area is 150 Å². The highest BCUT2D eigenvalue weighted by Gasteiger charge is 2.40. The van der Waals surface area contributed by atoms with E-state index in [1.165, 1.54) is 0 Å². The monoisotopic (exact) mass is 366 g/mol. The van der Waals surface area contributed by atoms with Gasteiger partial charge in [-0.1, -0.05) is 67.6 Å². The van der Waals surface area contributed by atoms with Gasteiger partial charge in [0.2, 0.25) is 0 Å². The number of hydrogen-bond acceptors (Lipinski definition) is 2. The molecule has 0 saturated carbocycles. The summed E-state index contributed by atoms with van der Waals surface area (Å²) in [7, 11) is 0. The fraction of sp³-hybridized carbons (Fsp3) is 0.350. The third-order valence-electron chi connectivity index (χ3n) is 4.11. The van der Waals surface area contributed by atoms with Crippen molar-refractivity contribution >= 4 is 17.5 Å². The molecule has 2 atom stereocenters. The molecular weight excluding hydrogens is 345 g/mol. The van der Waals surface area contributed by atoms with Gasteiger partial charge in [0, 0.05) is 12.3 Å². The average molecular weight is 366 g/mol. The normalized spacial score (nSPS) is 14.1. The topological polar surface area (TPSA) is 17.1 Å². The fourth-order valence-electron chi connectivity index (χ4n) is 2.90. The molecule has 0 aliphatic heterocycles. The van der Waals surface area contributed by atoms with E-state index >= 15 is 0 Å². The van der Waals surface area contributed by atoms with Crippen molar-refractivity contribution in [2.75, 3.05) is 0 Å². The van der Waals surface area contributed by atoms with Crippen LogP contribution >= 0.6 is 11.8 Å². The number of alkyl halides is 3. The summed E-state index contributed by atoms with van der Waals surface area (Å²) >= 11 is -0.177. The number of carbonyl (C=O) groups is 1. The predicted molar refractivity (Wildman–Crippen MR) is 96.7 cm³/mol. The number of hydrogen-bond donors (Lipinski definition) is 0. The van der Waals surface area contributed by atoms with E-state index in [2.05, 4.69) is 0 Å². The fourth-order valence-corrected chi connectivity index (χ4v) is 3.95. The molecule has 0 fully saturated rings. The molecule has 25 heavy (non-hydrogen) atoms. The van der Waals surface area contributed by atoms with Crippen LogP contribution in [0.3, 0.4) is 0 Å². The molecule has 0 spiro atoms. The third-order valence-corrected chi connectivity index (χ3v) is 5.23. The highest BCUT2D eigenvalue weighted by Crippen LogP contribution is 2.42. The number of rotatable bonds is 8. The molecule has 2 rings (SSSR count). The summed E-state index contributed by atoms with van der Waals surface area (Å²) in [5, 5.41) is -1.11. The molecular formula is C20H21F3OS. The Morgan fingerprint density at radius 1 is 1.00 bits per heavy atom. The van der Waals surface area contributed by atoms with Crippen LogP contribution in [-0.4, -0.2) is 16.5 Å². The molecule has 0 saturated heterocycles. The second-order valence-corrected chi connectivity index (χ2v) is 7.07. The van der Waals surface area contributed by atoms with Crippen molar-refractivity contribution in [3.8, 4) is 0 Å². The van der Waals surface area contributed by atoms with Gasteiger partial charge < -0.3 is 0 Å². The third kappa shape index (κ3) is 6.24. The molecule has 0 bridgehead atoms. The van der Waals surface area contributed by atoms with Crippen LogP contribution in [-0.2, 0) is 11.2 Å². The number of carbonyl (C=O) groups excluding carboxylic acids is 1. The van der Waals surface area contributed by atoms with Gasteiger partial charge in [-0.3, -0.25) is 4.79 Å². The molecule has 0 radical (unpaired) electrons. The summed E-state index contributed by atoms with van der Waals surface area (Å²) in [5.41, 5.74) is -2.70. The largest absolute Gasteiger partial charge is 0.442 e. The van der Waals surface area contributed by atoms with Crippen molar-refractivity contribution in [2.45, 2.75) is 42.9 Å². The lowest BCUT2D eigenvalue weighted by Crippen LogP contribution is -2.28. The van der Waals surface area contributed by atoms with Gasteiger partial charge in [0.05, 0.1) is 5.25 Å². The molecule has 0 amide bonds. The molecule has 0 aliphatic carbocycles. The van der Waals surface area contributed by atoms with Gasteiger partial charge in [0.15, 0.2) is 0 Å². The number of ketones is 1. The number of benzene rings is 2. The lowest BCUT2D eigenvalue weighted by Gasteiger charge is -2.26. The minimum atomic E-state index is -4.44. The maximum atomic E-state index is 13.1. The van der Waals surface area contributed by atoms with Gasteiger partial charge in [-0.15, -0.1) is 0 Å². The Kier molecular flexibility index (Phi) is 7.12. The van der Waals surface area contributed by atoms with Crippen molar-refractivity contribution in [3.63, 3.8) is 0 Å². The lowest BCUT2D eigenvalue weighted by atomic mass is 9.89. The minimum Gasteiger partial charge on any atom is -0.298 e. The van der Waals surface area contributed by atoms with Crippen molar-refractivity contribution in [1.82, 2.24) is 0 Å². The first-order chi connectivity index (χ1) is 11.9. The van der Waals surface area contributed by atoms with Crippen molar-refractivity contribution in [3.05, 3.63) is 71.8 Å². The summed E-state index contributed by atoms with van der Waals surface area (Å²) in [6.45, 7) is 1.83. The second kappa shape index (κ2) is 9.09. The van der Waals surface area contributed by atoms with Crippen LogP contribution in [0.2, 0.25) is 0 Å². The maximum absolute atomic E-state index is 13.1. The first-order valence-electron chi connectivity index (χ1n) is 8.27. The van der Waals surface area contributed by atoms with E-state index in [9.17, 15) is 18.0 Å². The van der Waals surface area contributed by atoms with Crippen LogP contribution in [0.25, 0.3) is 0 Å². The molecule has 5 heteroatoms. The number of halogens is 3. The van der Waals surface area contributed by atoms with Crippen LogP contribution in [0.1, 0.15) is 36.8 Å². The second-order valence-electron chi connectivity index (χ2n) is 5.86. The molecule has 0 aliphatic rings. The van der Waals surface area contributed by atoms with Crippen molar-refractivity contribution in [1.29, 1.82) is 0 Å². The first-order valence-corrected chi connectivity index (χ1v) is 9.15. The Morgan fingerprint density at radius 2 is 1.56 bits per heavy atom. The van der Waals surface area contributed by atoms with Crippen molar-refractivity contribution < 1.29 is 18.0 Å². The van der Waals surface area contributed by atoms with E-state index in [-0.39, 0.29) is 24.0 Å². The summed E-state index contributed by atoms with van der Waals surface area (Å²) in [5.74, 6) is -0.794. The molecule has 2 aromatic carbocycles. The number of Topliss-reactive ketones (excluding diaryl/α,β-unsaturated/α-hetero) is 1. The standard InChI is InChI=1S/C20H21F3OS/c1-2-17(16-11-7-4-8-12-16)19(25-20(21,22)23)18(24)14-13-15-9-5-3-6-10-15/h3-12,17,19H,2,13-14H2,1H3/t17-,19+/m1/s1. The van der Waals surface area contributed by atoms with E-state index in [1.54, 1.807) is 24.3 Å². The van der Waals surface area contributed by atoms with Gasteiger partial charge in [-0.25, -0.2) is 0 Å². The molecule has 134 valence electrons. The molecule has 1 nitrogen and oxygen atoms in total. The van der Waals surface area contributed by atoms with Crippen LogP contribution in [0.15, 0.2) is 60.7 Å². The molecule has 0 aromatic heterocycles. The average Bonchev–Trinajstić information content (AvgIpc) is 2.60. The summed E-state index contributed by atoms with van der Waals surface area (Å²) < 4.78 is 39.2. The number of thioether (sulfide) groups is 1. The van der Waals surface area contributed by atoms with E-state index in [4.69, 9.17) is 0 Å². The van der Waals surface area contributed by atoms with E-state index in [0.29, 0.717) is 12.8 Å². The minimum absolute atomic E-state index is 0.112. The van der Waals surface area contributed by atoms with Crippen molar-refractivity contribution in [2.24, 2.45) is 0 Å². The van der Waals surface area contributed by atoms with Gasteiger partial charge in [0.25, 0.3) is 0 Å². The van der Waals surface area contributed by atoms with Gasteiger partial charge in [-0.05, 0) is 35.7 Å². The Morgan fingerprint density at radius 3 is 2.08 bits per heavy atom. The molecule has 0 N–H and O–H groups in total. The van der Waals surface area contributed by atoms with Gasteiger partial charge in [-0.2, -0.15) is 13.2 Å². The molecule has 0 heterocycles. The highest BCUT2D eigenvalue weighted by molar-refractivity contribution is 8.01. The summed E-state index contributed by atoms with van der Waals surface area (Å²) in [6.07, 6.45) is 1.05. The van der Waals surface area contributed by atoms with E-state index in [1.807, 2.05) is 43.3 Å². The van der Waals surface area contributed by atoms with Crippen LogP contribution in [0.4, 0.5) is 13.2 Å². The van der Waals surface area contributed by atoms with E-state index in [0.717, 1.165) is 11.1 Å². The van der Waals surface area contributed by atoms with E-state index < -0.39 is 16.7 Å². The summed E-state index contributed by atoms with van der Waals surface area (Å²) in [4.78, 5) is 12.6. The zero-order chi connectivity index (χ0) is 18.3. The highest BCUT2D eigenvalue weighted by atomic mass is 32.2. The first kappa shape index (κ1) is 19.6. The number of aryl methyl sites for hydroxylation is 1. The zero-order valence-electron chi connectivity index (χ0n) is 14.0. The predicted octanol–water partition coefficient (Wildman–Crippen LogP) is 6.00. The smallest absolute Gasteiger partial charge is 0.298 e. The summed E-state index contributed by atoms with van der Waals surface area (Å²) in [6, 6.07) is 18.4. The Bertz CT molecular complexity index is 656. The Hall–Kier alpha value is -1.75. The maximum Gasteiger partial charge on any atom is 0.442 e. The molecule has 0 unspecified atom stereocenters. The molecule has 2 aromatic rings. The SMILES string of the molecule is CC[C@H](c1ccccc1)[C@H](SC(F)(F)F)C(=O)CCc1ccccc1. The quantitative estimate of drug-likeness (QED) is 0.570. The lowest BCUT2D eigenvalue weighted by molar-refractivity contribution is -0.119. The Balaban J connectivity index is 2.17. The van der Waals surface area contributed by atoms with Crippen LogP contribution in [0, 0.1) is 0 Å². The van der Waals surface area contributed by atoms with Gasteiger partial charge >= 0.3 is 5.51 Å². The van der Waals surface area contributed by atoms with Crippen LogP contribution < -0.4 is 0 Å². The van der Waals surface area contributed by atoms with Gasteiger partial charge in [0.1, 0.15) is 5.78 Å².